The highest BCUT2D eigenvalue weighted by atomic mass is 32.2. The molecule has 7 heteroatoms. The van der Waals surface area contributed by atoms with Gasteiger partial charge in [-0.15, -0.1) is 22.7 Å². The van der Waals surface area contributed by atoms with Gasteiger partial charge < -0.3 is 5.32 Å². The molecule has 0 aliphatic heterocycles. The highest BCUT2D eigenvalue weighted by molar-refractivity contribution is 7.89. The summed E-state index contributed by atoms with van der Waals surface area (Å²) in [5.74, 6) is 0. The van der Waals surface area contributed by atoms with Gasteiger partial charge in [-0.1, -0.05) is 19.4 Å². The Morgan fingerprint density at radius 3 is 2.67 bits per heavy atom. The highest BCUT2D eigenvalue weighted by Gasteiger charge is 2.24. The lowest BCUT2D eigenvalue weighted by atomic mass is 10.1. The molecule has 0 saturated heterocycles. The van der Waals surface area contributed by atoms with Gasteiger partial charge in [-0.2, -0.15) is 0 Å². The second kappa shape index (κ2) is 7.51. The number of hydrogen-bond acceptors (Lipinski definition) is 5. The molecule has 4 nitrogen and oxygen atoms in total. The summed E-state index contributed by atoms with van der Waals surface area (Å²) >= 11 is 3.05. The van der Waals surface area contributed by atoms with Crippen LogP contribution in [0, 0.1) is 0 Å². The van der Waals surface area contributed by atoms with Crippen molar-refractivity contribution in [3.63, 3.8) is 0 Å². The van der Waals surface area contributed by atoms with Gasteiger partial charge in [-0.25, -0.2) is 13.1 Å². The maximum atomic E-state index is 12.6. The van der Waals surface area contributed by atoms with E-state index in [0.29, 0.717) is 11.4 Å². The molecular formula is C14H20N2O2S3. The molecule has 0 bridgehead atoms. The monoisotopic (exact) mass is 344 g/mol. The van der Waals surface area contributed by atoms with E-state index in [4.69, 9.17) is 0 Å². The van der Waals surface area contributed by atoms with E-state index in [1.54, 1.807) is 17.4 Å². The normalized spacial score (nSPS) is 13.4. The summed E-state index contributed by atoms with van der Waals surface area (Å²) in [6.07, 6.45) is 1.73. The number of thiophene rings is 2. The van der Waals surface area contributed by atoms with Crippen molar-refractivity contribution in [1.29, 1.82) is 0 Å². The Morgan fingerprint density at radius 1 is 1.24 bits per heavy atom. The van der Waals surface area contributed by atoms with Gasteiger partial charge >= 0.3 is 0 Å². The van der Waals surface area contributed by atoms with Crippen molar-refractivity contribution in [3.8, 4) is 0 Å². The van der Waals surface area contributed by atoms with E-state index in [9.17, 15) is 8.42 Å². The minimum absolute atomic E-state index is 0.151. The number of sulfonamides is 1. The van der Waals surface area contributed by atoms with Gasteiger partial charge in [0, 0.05) is 16.3 Å². The minimum Gasteiger partial charge on any atom is -0.315 e. The van der Waals surface area contributed by atoms with Crippen molar-refractivity contribution in [2.75, 3.05) is 7.05 Å². The topological polar surface area (TPSA) is 58.2 Å². The lowest BCUT2D eigenvalue weighted by Gasteiger charge is -2.17. The Bertz CT molecular complexity index is 648. The quantitative estimate of drug-likeness (QED) is 0.772. The minimum atomic E-state index is -3.49. The third-order valence-electron chi connectivity index (χ3n) is 3.09. The van der Waals surface area contributed by atoms with Crippen molar-refractivity contribution in [2.24, 2.45) is 0 Å². The van der Waals surface area contributed by atoms with Crippen LogP contribution in [0.4, 0.5) is 0 Å². The Hall–Kier alpha value is -0.730. The molecule has 0 aliphatic rings. The lowest BCUT2D eigenvalue weighted by molar-refractivity contribution is 0.539. The SMILES string of the molecule is CCCC(NS(=O)(=O)c1ccsc1CNC)c1cccs1. The Morgan fingerprint density at radius 2 is 2.05 bits per heavy atom. The van der Waals surface area contributed by atoms with Gasteiger partial charge in [-0.3, -0.25) is 0 Å². The highest BCUT2D eigenvalue weighted by Crippen LogP contribution is 2.28. The van der Waals surface area contributed by atoms with E-state index in [1.165, 1.54) is 11.3 Å². The van der Waals surface area contributed by atoms with Gasteiger partial charge in [-0.05, 0) is 36.4 Å². The summed E-state index contributed by atoms with van der Waals surface area (Å²) < 4.78 is 28.1. The van der Waals surface area contributed by atoms with Crippen LogP contribution in [0.25, 0.3) is 0 Å². The maximum absolute atomic E-state index is 12.6. The van der Waals surface area contributed by atoms with Gasteiger partial charge in [0.1, 0.15) is 0 Å². The Kier molecular flexibility index (Phi) is 5.95. The molecule has 2 N–H and O–H groups in total. The van der Waals surface area contributed by atoms with Crippen molar-refractivity contribution in [1.82, 2.24) is 10.0 Å². The van der Waals surface area contributed by atoms with Gasteiger partial charge in [0.15, 0.2) is 0 Å². The fraction of sp³-hybridized carbons (Fsp3) is 0.429. The zero-order valence-corrected chi connectivity index (χ0v) is 14.6. The fourth-order valence-electron chi connectivity index (χ4n) is 2.15. The van der Waals surface area contributed by atoms with Crippen molar-refractivity contribution >= 4 is 32.7 Å². The van der Waals surface area contributed by atoms with E-state index < -0.39 is 10.0 Å². The average molecular weight is 345 g/mol. The average Bonchev–Trinajstić information content (AvgIpc) is 3.09. The van der Waals surface area contributed by atoms with Gasteiger partial charge in [0.2, 0.25) is 10.0 Å². The van der Waals surface area contributed by atoms with Crippen LogP contribution in [0.15, 0.2) is 33.9 Å². The van der Waals surface area contributed by atoms with Crippen LogP contribution in [0.1, 0.15) is 35.6 Å². The molecule has 2 rings (SSSR count). The standard InChI is InChI=1S/C14H20N2O2S3/c1-3-5-11(12-6-4-8-19-12)16-21(17,18)14-7-9-20-13(14)10-15-2/h4,6-9,11,15-16H,3,5,10H2,1-2H3. The maximum Gasteiger partial charge on any atom is 0.242 e. The van der Waals surface area contributed by atoms with Crippen LogP contribution >= 0.6 is 22.7 Å². The van der Waals surface area contributed by atoms with E-state index in [0.717, 1.165) is 22.6 Å². The molecule has 0 radical (unpaired) electrons. The number of hydrogen-bond donors (Lipinski definition) is 2. The molecule has 116 valence electrons. The van der Waals surface area contributed by atoms with E-state index in [1.807, 2.05) is 29.9 Å². The van der Waals surface area contributed by atoms with Crippen molar-refractivity contribution < 1.29 is 8.42 Å². The summed E-state index contributed by atoms with van der Waals surface area (Å²) in [5, 5.41) is 6.81. The van der Waals surface area contributed by atoms with E-state index in [-0.39, 0.29) is 6.04 Å². The number of nitrogens with one attached hydrogen (secondary N) is 2. The smallest absolute Gasteiger partial charge is 0.242 e. The molecule has 0 fully saturated rings. The molecule has 2 aromatic rings. The van der Waals surface area contributed by atoms with Crippen LogP contribution in [0.3, 0.4) is 0 Å². The molecule has 0 aromatic carbocycles. The second-order valence-electron chi connectivity index (χ2n) is 4.72. The van der Waals surface area contributed by atoms with Gasteiger partial charge in [0.05, 0.1) is 10.9 Å². The Balaban J connectivity index is 2.24. The van der Waals surface area contributed by atoms with E-state index >= 15 is 0 Å². The van der Waals surface area contributed by atoms with Crippen LogP contribution in [-0.2, 0) is 16.6 Å². The molecule has 0 amide bonds. The Labute approximate surface area is 134 Å². The summed E-state index contributed by atoms with van der Waals surface area (Å²) in [7, 11) is -1.68. The van der Waals surface area contributed by atoms with Crippen molar-refractivity contribution in [3.05, 3.63) is 38.7 Å². The van der Waals surface area contributed by atoms with Crippen LogP contribution < -0.4 is 10.0 Å². The predicted molar refractivity (Wildman–Crippen MR) is 89.4 cm³/mol. The van der Waals surface area contributed by atoms with Crippen LogP contribution in [-0.4, -0.2) is 15.5 Å². The zero-order valence-electron chi connectivity index (χ0n) is 12.1. The first-order valence-electron chi connectivity index (χ1n) is 6.85. The van der Waals surface area contributed by atoms with Crippen molar-refractivity contribution in [2.45, 2.75) is 37.2 Å². The fourth-order valence-corrected chi connectivity index (χ4v) is 5.74. The molecule has 0 spiro atoms. The molecule has 21 heavy (non-hydrogen) atoms. The third-order valence-corrected chi connectivity index (χ3v) is 6.69. The molecule has 2 heterocycles. The van der Waals surface area contributed by atoms with Crippen LogP contribution in [0.2, 0.25) is 0 Å². The summed E-state index contributed by atoms with van der Waals surface area (Å²) in [5.41, 5.74) is 0. The first-order valence-corrected chi connectivity index (χ1v) is 10.1. The first-order chi connectivity index (χ1) is 10.1. The van der Waals surface area contributed by atoms with Crippen LogP contribution in [0.5, 0.6) is 0 Å². The lowest BCUT2D eigenvalue weighted by Crippen LogP contribution is -2.28. The molecule has 2 aromatic heterocycles. The third kappa shape index (κ3) is 4.14. The van der Waals surface area contributed by atoms with Gasteiger partial charge in [0.25, 0.3) is 0 Å². The molecule has 0 saturated carbocycles. The molecular weight excluding hydrogens is 324 g/mol. The summed E-state index contributed by atoms with van der Waals surface area (Å²) in [4.78, 5) is 2.29. The van der Waals surface area contributed by atoms with E-state index in [2.05, 4.69) is 17.0 Å². The predicted octanol–water partition coefficient (Wildman–Crippen LogP) is 3.35. The molecule has 0 aliphatic carbocycles. The molecule has 1 atom stereocenters. The summed E-state index contributed by atoms with van der Waals surface area (Å²) in [6.45, 7) is 2.62. The summed E-state index contributed by atoms with van der Waals surface area (Å²) in [6, 6.07) is 5.46. The largest absolute Gasteiger partial charge is 0.315 e. The zero-order chi connectivity index (χ0) is 15.3. The first kappa shape index (κ1) is 16.6. The number of rotatable bonds is 8. The molecule has 1 unspecified atom stereocenters. The second-order valence-corrected chi connectivity index (χ2v) is 8.38.